The van der Waals surface area contributed by atoms with Crippen molar-refractivity contribution in [3.8, 4) is 6.07 Å². The van der Waals surface area contributed by atoms with Crippen molar-refractivity contribution in [1.82, 2.24) is 15.3 Å². The highest BCUT2D eigenvalue weighted by atomic mass is 15.1. The maximum absolute atomic E-state index is 9.66. The van der Waals surface area contributed by atoms with Gasteiger partial charge in [0.1, 0.15) is 11.6 Å². The third-order valence-corrected chi connectivity index (χ3v) is 5.32. The molecular weight excluding hydrogens is 310 g/mol. The highest BCUT2D eigenvalue weighted by Gasteiger charge is 2.27. The number of hydrogen-bond acceptors (Lipinski definition) is 5. The van der Waals surface area contributed by atoms with Crippen molar-refractivity contribution in [3.05, 3.63) is 47.6 Å². The molecule has 1 saturated carbocycles. The first-order valence-corrected chi connectivity index (χ1v) is 8.95. The second-order valence-corrected chi connectivity index (χ2v) is 7.01. The van der Waals surface area contributed by atoms with Crippen molar-refractivity contribution in [3.63, 3.8) is 0 Å². The second kappa shape index (κ2) is 7.52. The Balaban J connectivity index is 1.89. The monoisotopic (exact) mass is 335 g/mol. The second-order valence-electron chi connectivity index (χ2n) is 7.01. The Morgan fingerprint density at radius 2 is 2.16 bits per heavy atom. The minimum Gasteiger partial charge on any atom is -0.361 e. The van der Waals surface area contributed by atoms with Crippen molar-refractivity contribution in [2.45, 2.75) is 46.1 Å². The van der Waals surface area contributed by atoms with Crippen LogP contribution in [0.5, 0.6) is 0 Å². The fourth-order valence-electron chi connectivity index (χ4n) is 3.51. The van der Waals surface area contributed by atoms with Crippen LogP contribution in [0.4, 0.5) is 5.95 Å². The normalized spacial score (nSPS) is 27.4. The van der Waals surface area contributed by atoms with Crippen LogP contribution in [0, 0.1) is 30.1 Å². The van der Waals surface area contributed by atoms with E-state index in [1.165, 1.54) is 12.8 Å². The molecule has 130 valence electrons. The summed E-state index contributed by atoms with van der Waals surface area (Å²) >= 11 is 0. The molecule has 5 heteroatoms. The Bertz CT molecular complexity index is 769. The van der Waals surface area contributed by atoms with Gasteiger partial charge in [0.2, 0.25) is 5.95 Å². The molecule has 0 radical (unpaired) electrons. The van der Waals surface area contributed by atoms with Crippen LogP contribution in [0.15, 0.2) is 36.3 Å². The first-order valence-electron chi connectivity index (χ1n) is 8.95. The molecule has 25 heavy (non-hydrogen) atoms. The van der Waals surface area contributed by atoms with Crippen molar-refractivity contribution in [1.29, 1.82) is 5.26 Å². The summed E-state index contributed by atoms with van der Waals surface area (Å²) < 4.78 is 0. The molecule has 0 amide bonds. The lowest BCUT2D eigenvalue weighted by molar-refractivity contribution is 0.252. The number of dihydropyridines is 1. The van der Waals surface area contributed by atoms with E-state index in [4.69, 9.17) is 0 Å². The molecule has 1 aliphatic carbocycles. The first kappa shape index (κ1) is 17.2. The molecule has 2 aliphatic rings. The third-order valence-electron chi connectivity index (χ3n) is 5.32. The number of nitriles is 1. The molecule has 1 aromatic rings. The highest BCUT2D eigenvalue weighted by Crippen LogP contribution is 2.31. The van der Waals surface area contributed by atoms with Gasteiger partial charge in [0.15, 0.2) is 0 Å². The maximum Gasteiger partial charge on any atom is 0.223 e. The van der Waals surface area contributed by atoms with Gasteiger partial charge in [-0.15, -0.1) is 0 Å². The van der Waals surface area contributed by atoms with E-state index in [1.54, 1.807) is 6.20 Å². The number of aromatic nitrogens is 2. The minimum atomic E-state index is 0.383. The van der Waals surface area contributed by atoms with Crippen LogP contribution >= 0.6 is 0 Å². The molecule has 0 aromatic carbocycles. The standard InChI is InChI=1S/C20H25N5/c1-13-7-6-9-17(15(13)3)24-20-23-12-14(2)19(25-20)16(11-21)18-8-4-5-10-22-18/h4-5,8,10,12-13,15,17,22H,6-7,9H2,1-3H3,(H,23,24,25)/b18-16-. The smallest absolute Gasteiger partial charge is 0.223 e. The van der Waals surface area contributed by atoms with Gasteiger partial charge >= 0.3 is 0 Å². The number of allylic oxidation sites excluding steroid dienone is 4. The summed E-state index contributed by atoms with van der Waals surface area (Å²) in [5.74, 6) is 1.90. The van der Waals surface area contributed by atoms with E-state index < -0.39 is 0 Å². The Morgan fingerprint density at radius 1 is 1.32 bits per heavy atom. The highest BCUT2D eigenvalue weighted by molar-refractivity contribution is 5.80. The van der Waals surface area contributed by atoms with Gasteiger partial charge in [-0.3, -0.25) is 0 Å². The van der Waals surface area contributed by atoms with Crippen LogP contribution in [-0.4, -0.2) is 16.0 Å². The SMILES string of the molecule is Cc1cnc(NC2CCCC(C)C2C)nc1/C(C#N)=C1/C=CC=CN1. The molecule has 1 aliphatic heterocycles. The molecule has 2 N–H and O–H groups in total. The average molecular weight is 335 g/mol. The lowest BCUT2D eigenvalue weighted by atomic mass is 9.78. The van der Waals surface area contributed by atoms with Gasteiger partial charge in [0.25, 0.3) is 0 Å². The fraction of sp³-hybridized carbons (Fsp3) is 0.450. The van der Waals surface area contributed by atoms with E-state index in [0.717, 1.165) is 17.7 Å². The average Bonchev–Trinajstić information content (AvgIpc) is 2.63. The summed E-state index contributed by atoms with van der Waals surface area (Å²) in [6, 6.07) is 2.67. The van der Waals surface area contributed by atoms with E-state index in [1.807, 2.05) is 31.4 Å². The van der Waals surface area contributed by atoms with Crippen molar-refractivity contribution in [2.75, 3.05) is 5.32 Å². The minimum absolute atomic E-state index is 0.383. The Kier molecular flexibility index (Phi) is 5.18. The van der Waals surface area contributed by atoms with E-state index in [-0.39, 0.29) is 0 Å². The number of nitrogens with one attached hydrogen (secondary N) is 2. The van der Waals surface area contributed by atoms with E-state index in [0.29, 0.717) is 35.1 Å². The molecule has 0 spiro atoms. The van der Waals surface area contributed by atoms with Gasteiger partial charge in [-0.25, -0.2) is 9.97 Å². The summed E-state index contributed by atoms with van der Waals surface area (Å²) in [7, 11) is 0. The number of rotatable bonds is 3. The van der Waals surface area contributed by atoms with Gasteiger partial charge in [-0.2, -0.15) is 5.26 Å². The Labute approximate surface area is 149 Å². The molecule has 0 saturated heterocycles. The summed E-state index contributed by atoms with van der Waals surface area (Å²) in [5, 5.41) is 16.3. The third kappa shape index (κ3) is 3.74. The quantitative estimate of drug-likeness (QED) is 0.819. The van der Waals surface area contributed by atoms with E-state index in [2.05, 4.69) is 40.5 Å². The molecule has 3 rings (SSSR count). The number of hydrogen-bond donors (Lipinski definition) is 2. The van der Waals surface area contributed by atoms with Crippen LogP contribution in [0.25, 0.3) is 5.57 Å². The summed E-state index contributed by atoms with van der Waals surface area (Å²) in [6.07, 6.45) is 13.0. The molecule has 3 unspecified atom stereocenters. The lowest BCUT2D eigenvalue weighted by Crippen LogP contribution is -2.35. The number of nitrogens with zero attached hydrogens (tertiary/aromatic N) is 3. The maximum atomic E-state index is 9.66. The van der Waals surface area contributed by atoms with Crippen LogP contribution in [0.1, 0.15) is 44.4 Å². The summed E-state index contributed by atoms with van der Waals surface area (Å²) in [6.45, 7) is 6.54. The Hall–Kier alpha value is -2.61. The van der Waals surface area contributed by atoms with Gasteiger partial charge in [-0.05, 0) is 42.9 Å². The van der Waals surface area contributed by atoms with Crippen LogP contribution in [0.3, 0.4) is 0 Å². The Morgan fingerprint density at radius 3 is 2.88 bits per heavy atom. The van der Waals surface area contributed by atoms with Gasteiger partial charge in [0.05, 0.1) is 11.4 Å². The zero-order valence-electron chi connectivity index (χ0n) is 15.1. The molecule has 0 bridgehead atoms. The largest absolute Gasteiger partial charge is 0.361 e. The zero-order valence-corrected chi connectivity index (χ0v) is 15.1. The zero-order chi connectivity index (χ0) is 17.8. The fourth-order valence-corrected chi connectivity index (χ4v) is 3.51. The molecule has 1 fully saturated rings. The van der Waals surface area contributed by atoms with Crippen LogP contribution in [0.2, 0.25) is 0 Å². The van der Waals surface area contributed by atoms with Crippen LogP contribution < -0.4 is 10.6 Å². The summed E-state index contributed by atoms with van der Waals surface area (Å²) in [4.78, 5) is 9.12. The lowest BCUT2D eigenvalue weighted by Gasteiger charge is -2.34. The molecule has 1 aromatic heterocycles. The molecule has 5 nitrogen and oxygen atoms in total. The summed E-state index contributed by atoms with van der Waals surface area (Å²) in [5.41, 5.74) is 2.87. The van der Waals surface area contributed by atoms with Gasteiger partial charge in [-0.1, -0.05) is 32.8 Å². The van der Waals surface area contributed by atoms with E-state index >= 15 is 0 Å². The topological polar surface area (TPSA) is 73.6 Å². The van der Waals surface area contributed by atoms with Crippen LogP contribution in [-0.2, 0) is 0 Å². The molecule has 3 atom stereocenters. The van der Waals surface area contributed by atoms with Crippen molar-refractivity contribution in [2.24, 2.45) is 11.8 Å². The first-order chi connectivity index (χ1) is 12.1. The number of aryl methyl sites for hydroxylation is 1. The molecule has 2 heterocycles. The van der Waals surface area contributed by atoms with Gasteiger partial charge in [0, 0.05) is 18.4 Å². The molecular formula is C20H25N5. The van der Waals surface area contributed by atoms with Gasteiger partial charge < -0.3 is 10.6 Å². The van der Waals surface area contributed by atoms with Crippen molar-refractivity contribution < 1.29 is 0 Å². The number of anilines is 1. The predicted octanol–water partition coefficient (Wildman–Crippen LogP) is 3.93. The van der Waals surface area contributed by atoms with E-state index in [9.17, 15) is 5.26 Å². The predicted molar refractivity (Wildman–Crippen MR) is 100 cm³/mol. The van der Waals surface area contributed by atoms with Crippen molar-refractivity contribution >= 4 is 11.5 Å².